The molecule has 2 fully saturated rings. The number of unbranched alkanes of at least 4 members (excludes halogenated alkanes) is 4. The standard InChI is InChI=1S/C29H45N/c1-3-5-6-7-8-10-25-13-17-28(18-14-25)29(23-30)21-19-27(20-22-29)26-15-11-24(9-4-2)12-16-26/h13-14,17-18,24,26-27H,3-12,15-16,19-22H2,1-2H3. The molecule has 0 radical (unpaired) electrons. The molecular formula is C29H45N. The Bertz CT molecular complexity index is 636. The predicted molar refractivity (Wildman–Crippen MR) is 129 cm³/mol. The minimum atomic E-state index is -0.227. The summed E-state index contributed by atoms with van der Waals surface area (Å²) >= 11 is 0. The molecule has 0 aliphatic heterocycles. The zero-order valence-corrected chi connectivity index (χ0v) is 19.8. The Morgan fingerprint density at radius 1 is 0.800 bits per heavy atom. The first-order valence-electron chi connectivity index (χ1n) is 13.2. The molecule has 0 aromatic heterocycles. The maximum Gasteiger partial charge on any atom is 0.0822 e. The summed E-state index contributed by atoms with van der Waals surface area (Å²) in [5.74, 6) is 2.81. The lowest BCUT2D eigenvalue weighted by atomic mass is 9.62. The lowest BCUT2D eigenvalue weighted by Crippen LogP contribution is -2.33. The van der Waals surface area contributed by atoms with Gasteiger partial charge < -0.3 is 0 Å². The molecule has 1 aromatic carbocycles. The predicted octanol–water partition coefficient (Wildman–Crippen LogP) is 8.76. The van der Waals surface area contributed by atoms with Gasteiger partial charge in [-0.25, -0.2) is 0 Å². The first-order chi connectivity index (χ1) is 14.7. The van der Waals surface area contributed by atoms with E-state index in [1.165, 1.54) is 101 Å². The molecule has 0 unspecified atom stereocenters. The second-order valence-corrected chi connectivity index (χ2v) is 10.5. The minimum absolute atomic E-state index is 0.227. The van der Waals surface area contributed by atoms with E-state index in [2.05, 4.69) is 44.2 Å². The molecule has 3 rings (SSSR count). The van der Waals surface area contributed by atoms with Crippen molar-refractivity contribution in [1.29, 1.82) is 5.26 Å². The van der Waals surface area contributed by atoms with Crippen molar-refractivity contribution in [1.82, 2.24) is 0 Å². The molecule has 0 bridgehead atoms. The third-order valence-corrected chi connectivity index (χ3v) is 8.43. The summed E-state index contributed by atoms with van der Waals surface area (Å²) in [6.07, 6.45) is 21.1. The molecular weight excluding hydrogens is 362 g/mol. The van der Waals surface area contributed by atoms with Crippen LogP contribution in [-0.4, -0.2) is 0 Å². The van der Waals surface area contributed by atoms with Crippen molar-refractivity contribution in [2.24, 2.45) is 17.8 Å². The van der Waals surface area contributed by atoms with Crippen LogP contribution in [0.1, 0.15) is 121 Å². The van der Waals surface area contributed by atoms with Crippen molar-refractivity contribution in [2.45, 2.75) is 122 Å². The zero-order chi connectivity index (χ0) is 21.2. The highest BCUT2D eigenvalue weighted by Gasteiger charge is 2.39. The van der Waals surface area contributed by atoms with Crippen LogP contribution in [0.3, 0.4) is 0 Å². The molecule has 1 heteroatoms. The fourth-order valence-electron chi connectivity index (χ4n) is 6.35. The van der Waals surface area contributed by atoms with Gasteiger partial charge in [0.05, 0.1) is 11.5 Å². The number of nitriles is 1. The lowest BCUT2D eigenvalue weighted by molar-refractivity contribution is 0.144. The van der Waals surface area contributed by atoms with Crippen LogP contribution in [0.15, 0.2) is 24.3 Å². The third kappa shape index (κ3) is 6.12. The van der Waals surface area contributed by atoms with Gasteiger partial charge in [-0.15, -0.1) is 0 Å². The Morgan fingerprint density at radius 2 is 1.43 bits per heavy atom. The fraction of sp³-hybridized carbons (Fsp3) is 0.759. The molecule has 1 aromatic rings. The Morgan fingerprint density at radius 3 is 2.03 bits per heavy atom. The van der Waals surface area contributed by atoms with E-state index in [1.54, 1.807) is 0 Å². The van der Waals surface area contributed by atoms with Crippen LogP contribution >= 0.6 is 0 Å². The van der Waals surface area contributed by atoms with Gasteiger partial charge in [0.2, 0.25) is 0 Å². The van der Waals surface area contributed by atoms with Crippen LogP contribution in [0.25, 0.3) is 0 Å². The second kappa shape index (κ2) is 11.9. The van der Waals surface area contributed by atoms with Crippen LogP contribution in [0.5, 0.6) is 0 Å². The number of aryl methyl sites for hydroxylation is 1. The number of benzene rings is 1. The third-order valence-electron chi connectivity index (χ3n) is 8.43. The van der Waals surface area contributed by atoms with Gasteiger partial charge in [0.25, 0.3) is 0 Å². The first-order valence-corrected chi connectivity index (χ1v) is 13.2. The highest BCUT2D eigenvalue weighted by molar-refractivity contribution is 5.35. The largest absolute Gasteiger partial charge is 0.197 e. The Hall–Kier alpha value is -1.29. The summed E-state index contributed by atoms with van der Waals surface area (Å²) < 4.78 is 0. The highest BCUT2D eigenvalue weighted by Crippen LogP contribution is 2.47. The molecule has 2 aliphatic carbocycles. The van der Waals surface area contributed by atoms with E-state index in [-0.39, 0.29) is 5.41 Å². The lowest BCUT2D eigenvalue weighted by Gasteiger charge is -2.41. The molecule has 2 saturated carbocycles. The Kier molecular flexibility index (Phi) is 9.29. The van der Waals surface area contributed by atoms with Crippen molar-refractivity contribution in [3.05, 3.63) is 35.4 Å². The van der Waals surface area contributed by atoms with Gasteiger partial charge in [0.15, 0.2) is 0 Å². The van der Waals surface area contributed by atoms with E-state index in [9.17, 15) is 5.26 Å². The summed E-state index contributed by atoms with van der Waals surface area (Å²) in [4.78, 5) is 0. The SMILES string of the molecule is CCCCCCCc1ccc(C2(C#N)CCC(C3CCC(CCC)CC3)CC2)cc1. The van der Waals surface area contributed by atoms with Crippen LogP contribution in [0.4, 0.5) is 0 Å². The van der Waals surface area contributed by atoms with E-state index in [4.69, 9.17) is 0 Å². The van der Waals surface area contributed by atoms with E-state index in [1.807, 2.05) is 0 Å². The van der Waals surface area contributed by atoms with Crippen molar-refractivity contribution in [2.75, 3.05) is 0 Å². The average molecular weight is 408 g/mol. The summed E-state index contributed by atoms with van der Waals surface area (Å²) in [7, 11) is 0. The first kappa shape index (κ1) is 23.4. The van der Waals surface area contributed by atoms with E-state index < -0.39 is 0 Å². The maximum absolute atomic E-state index is 10.1. The molecule has 0 amide bonds. The molecule has 30 heavy (non-hydrogen) atoms. The molecule has 2 aliphatic rings. The van der Waals surface area contributed by atoms with Crippen LogP contribution in [0.2, 0.25) is 0 Å². The number of rotatable bonds is 10. The Labute approximate surface area is 186 Å². The van der Waals surface area contributed by atoms with Crippen molar-refractivity contribution in [3.63, 3.8) is 0 Å². The smallest absolute Gasteiger partial charge is 0.0822 e. The molecule has 166 valence electrons. The molecule has 0 saturated heterocycles. The molecule has 0 heterocycles. The summed E-state index contributed by atoms with van der Waals surface area (Å²) in [6, 6.07) is 11.9. The zero-order valence-electron chi connectivity index (χ0n) is 19.8. The van der Waals surface area contributed by atoms with Gasteiger partial charge >= 0.3 is 0 Å². The van der Waals surface area contributed by atoms with E-state index in [0.29, 0.717) is 0 Å². The van der Waals surface area contributed by atoms with Crippen LogP contribution in [0, 0.1) is 29.1 Å². The monoisotopic (exact) mass is 407 g/mol. The van der Waals surface area contributed by atoms with E-state index in [0.717, 1.165) is 30.6 Å². The second-order valence-electron chi connectivity index (χ2n) is 10.5. The average Bonchev–Trinajstić information content (AvgIpc) is 2.80. The molecule has 0 N–H and O–H groups in total. The normalized spacial score (nSPS) is 29.4. The summed E-state index contributed by atoms with van der Waals surface area (Å²) in [5.41, 5.74) is 2.50. The topological polar surface area (TPSA) is 23.8 Å². The van der Waals surface area contributed by atoms with Gasteiger partial charge in [-0.1, -0.05) is 89.5 Å². The Balaban J connectivity index is 1.49. The van der Waals surface area contributed by atoms with Gasteiger partial charge in [-0.2, -0.15) is 5.26 Å². The van der Waals surface area contributed by atoms with E-state index >= 15 is 0 Å². The van der Waals surface area contributed by atoms with Crippen LogP contribution < -0.4 is 0 Å². The van der Waals surface area contributed by atoms with Gasteiger partial charge in [0.1, 0.15) is 0 Å². The summed E-state index contributed by atoms with van der Waals surface area (Å²) in [5, 5.41) is 10.1. The summed E-state index contributed by atoms with van der Waals surface area (Å²) in [6.45, 7) is 4.60. The fourth-order valence-corrected chi connectivity index (χ4v) is 6.35. The highest BCUT2D eigenvalue weighted by atomic mass is 14.5. The van der Waals surface area contributed by atoms with Crippen molar-refractivity contribution in [3.8, 4) is 6.07 Å². The maximum atomic E-state index is 10.1. The van der Waals surface area contributed by atoms with Crippen molar-refractivity contribution >= 4 is 0 Å². The number of hydrogen-bond acceptors (Lipinski definition) is 1. The van der Waals surface area contributed by atoms with Gasteiger partial charge in [-0.3, -0.25) is 0 Å². The number of hydrogen-bond donors (Lipinski definition) is 0. The van der Waals surface area contributed by atoms with Crippen LogP contribution in [-0.2, 0) is 11.8 Å². The molecule has 0 spiro atoms. The molecule has 0 atom stereocenters. The quantitative estimate of drug-likeness (QED) is 0.355. The number of nitrogens with zero attached hydrogens (tertiary/aromatic N) is 1. The molecule has 1 nitrogen and oxygen atoms in total. The van der Waals surface area contributed by atoms with Gasteiger partial charge in [-0.05, 0) is 80.2 Å². The van der Waals surface area contributed by atoms with Gasteiger partial charge in [0, 0.05) is 0 Å². The van der Waals surface area contributed by atoms with Crippen molar-refractivity contribution < 1.29 is 0 Å². The minimum Gasteiger partial charge on any atom is -0.197 e.